The summed E-state index contributed by atoms with van der Waals surface area (Å²) in [5.41, 5.74) is 5.20. The van der Waals surface area contributed by atoms with Gasteiger partial charge in [-0.25, -0.2) is 9.97 Å². The van der Waals surface area contributed by atoms with Gasteiger partial charge in [-0.2, -0.15) is 4.98 Å². The van der Waals surface area contributed by atoms with Crippen LogP contribution in [0.1, 0.15) is 22.3 Å². The zero-order valence-corrected chi connectivity index (χ0v) is 23.1. The lowest BCUT2D eigenvalue weighted by Gasteiger charge is -2.34. The molecule has 0 bridgehead atoms. The van der Waals surface area contributed by atoms with E-state index in [0.717, 1.165) is 33.6 Å². The van der Waals surface area contributed by atoms with Gasteiger partial charge in [-0.05, 0) is 42.7 Å². The number of benzene rings is 1. The van der Waals surface area contributed by atoms with Gasteiger partial charge in [0.15, 0.2) is 5.78 Å². The lowest BCUT2D eigenvalue weighted by Crippen LogP contribution is -2.49. The molecular weight excluding hydrogens is 510 g/mol. The highest BCUT2D eigenvalue weighted by molar-refractivity contribution is 5.92. The molecule has 1 aliphatic rings. The van der Waals surface area contributed by atoms with Crippen molar-refractivity contribution in [3.8, 4) is 5.88 Å². The molecule has 0 atom stereocenters. The maximum absolute atomic E-state index is 12.4. The van der Waals surface area contributed by atoms with Crippen LogP contribution in [-0.4, -0.2) is 81.4 Å². The number of aryl methyl sites for hydroxylation is 2. The summed E-state index contributed by atoms with van der Waals surface area (Å²) in [5, 5.41) is 15.7. The number of hydrogen-bond donors (Lipinski definition) is 3. The van der Waals surface area contributed by atoms with Gasteiger partial charge in [0.2, 0.25) is 17.7 Å². The number of aliphatic hydroxyl groups excluding tert-OH is 1. The zero-order chi connectivity index (χ0) is 28.6. The summed E-state index contributed by atoms with van der Waals surface area (Å²) >= 11 is 0. The largest absolute Gasteiger partial charge is 0.481 e. The van der Waals surface area contributed by atoms with Crippen molar-refractivity contribution >= 4 is 34.8 Å². The van der Waals surface area contributed by atoms with E-state index in [0.29, 0.717) is 50.4 Å². The van der Waals surface area contributed by atoms with Crippen molar-refractivity contribution in [1.82, 2.24) is 24.8 Å². The Hall–Kier alpha value is -4.35. The van der Waals surface area contributed by atoms with Crippen molar-refractivity contribution in [3.05, 3.63) is 71.6 Å². The van der Waals surface area contributed by atoms with Crippen LogP contribution in [0.3, 0.4) is 0 Å². The molecule has 3 aromatic rings. The summed E-state index contributed by atoms with van der Waals surface area (Å²) in [6, 6.07) is 7.79. The van der Waals surface area contributed by atoms with Gasteiger partial charge >= 0.3 is 0 Å². The molecule has 2 aromatic heterocycles. The number of pyridine rings is 1. The monoisotopic (exact) mass is 545 g/mol. The van der Waals surface area contributed by atoms with Crippen molar-refractivity contribution in [1.29, 1.82) is 0 Å². The lowest BCUT2D eigenvalue weighted by atomic mass is 10.0. The van der Waals surface area contributed by atoms with Crippen molar-refractivity contribution in [2.45, 2.75) is 26.8 Å². The number of ether oxygens (including phenoxy) is 1. The number of carbonyl (C=O) groups is 2. The Morgan fingerprint density at radius 1 is 1.05 bits per heavy atom. The Morgan fingerprint density at radius 2 is 1.80 bits per heavy atom. The average Bonchev–Trinajstić information content (AvgIpc) is 2.97. The topological polar surface area (TPSA) is 133 Å². The third-order valence-electron chi connectivity index (χ3n) is 6.79. The van der Waals surface area contributed by atoms with Crippen molar-refractivity contribution in [2.24, 2.45) is 0 Å². The molecule has 0 saturated carbocycles. The van der Waals surface area contributed by atoms with Crippen LogP contribution in [0, 0.1) is 13.8 Å². The first-order valence-electron chi connectivity index (χ1n) is 13.1. The van der Waals surface area contributed by atoms with E-state index in [4.69, 9.17) is 9.84 Å². The number of nitrogens with one attached hydrogen (secondary N) is 2. The predicted molar refractivity (Wildman–Crippen MR) is 153 cm³/mol. The molecule has 1 aliphatic heterocycles. The lowest BCUT2D eigenvalue weighted by molar-refractivity contribution is -0.136. The number of anilines is 4. The normalized spacial score (nSPS) is 13.6. The van der Waals surface area contributed by atoms with E-state index in [1.807, 2.05) is 32.0 Å². The van der Waals surface area contributed by atoms with Gasteiger partial charge < -0.3 is 25.4 Å². The Kier molecular flexibility index (Phi) is 9.41. The van der Waals surface area contributed by atoms with Crippen LogP contribution in [0.2, 0.25) is 0 Å². The molecule has 1 amide bonds. The summed E-state index contributed by atoms with van der Waals surface area (Å²) in [7, 11) is 1.56. The van der Waals surface area contributed by atoms with E-state index in [9.17, 15) is 9.59 Å². The molecule has 40 heavy (non-hydrogen) atoms. The van der Waals surface area contributed by atoms with Crippen LogP contribution in [0.4, 0.5) is 23.1 Å². The van der Waals surface area contributed by atoms with Gasteiger partial charge in [-0.3, -0.25) is 14.5 Å². The molecule has 0 spiro atoms. The van der Waals surface area contributed by atoms with Crippen molar-refractivity contribution in [3.63, 3.8) is 0 Å². The first kappa shape index (κ1) is 28.7. The highest BCUT2D eigenvalue weighted by atomic mass is 16.5. The molecule has 11 heteroatoms. The highest BCUT2D eigenvalue weighted by Crippen LogP contribution is 2.27. The van der Waals surface area contributed by atoms with Crippen molar-refractivity contribution in [2.75, 3.05) is 50.5 Å². The summed E-state index contributed by atoms with van der Waals surface area (Å²) in [4.78, 5) is 41.4. The SMILES string of the molecule is C=CC(=O)Cc1cc(CN2CCN(C(=O)CO)CC2)ccc1Nc1nc(Nc2cc(OC)ncc2C)ncc1C. The van der Waals surface area contributed by atoms with E-state index in [1.54, 1.807) is 30.5 Å². The number of hydrogen-bond acceptors (Lipinski definition) is 10. The third-order valence-corrected chi connectivity index (χ3v) is 6.79. The maximum atomic E-state index is 12.4. The van der Waals surface area contributed by atoms with E-state index in [-0.39, 0.29) is 18.1 Å². The molecular formula is C29H35N7O4. The Morgan fingerprint density at radius 3 is 2.50 bits per heavy atom. The minimum Gasteiger partial charge on any atom is -0.481 e. The second-order valence-electron chi connectivity index (χ2n) is 9.67. The molecule has 0 unspecified atom stereocenters. The van der Waals surface area contributed by atoms with Crippen LogP contribution in [0.5, 0.6) is 5.88 Å². The third kappa shape index (κ3) is 7.19. The van der Waals surface area contributed by atoms with Gasteiger partial charge in [-0.15, -0.1) is 0 Å². The molecule has 4 rings (SSSR count). The first-order valence-corrected chi connectivity index (χ1v) is 13.1. The predicted octanol–water partition coefficient (Wildman–Crippen LogP) is 2.92. The Bertz CT molecular complexity index is 1390. The smallest absolute Gasteiger partial charge is 0.248 e. The molecule has 1 fully saturated rings. The molecule has 11 nitrogen and oxygen atoms in total. The second kappa shape index (κ2) is 13.1. The molecule has 1 saturated heterocycles. The summed E-state index contributed by atoms with van der Waals surface area (Å²) in [5.74, 6) is 1.18. The molecule has 0 aliphatic carbocycles. The molecule has 3 N–H and O–H groups in total. The minimum absolute atomic E-state index is 0.0831. The Balaban J connectivity index is 1.53. The highest BCUT2D eigenvalue weighted by Gasteiger charge is 2.21. The fourth-order valence-electron chi connectivity index (χ4n) is 4.41. The summed E-state index contributed by atoms with van der Waals surface area (Å²) < 4.78 is 5.23. The van der Waals surface area contributed by atoms with Gasteiger partial charge in [0, 0.05) is 68.9 Å². The zero-order valence-electron chi connectivity index (χ0n) is 23.1. The van der Waals surface area contributed by atoms with Gasteiger partial charge in [-0.1, -0.05) is 18.7 Å². The number of ketones is 1. The number of allylic oxidation sites excluding steroid dienone is 1. The number of piperazine rings is 1. The molecule has 210 valence electrons. The van der Waals surface area contributed by atoms with Crippen LogP contribution >= 0.6 is 0 Å². The molecule has 3 heterocycles. The standard InChI is InChI=1S/C29H35N7O4/c1-5-23(38)13-22-12-21(17-35-8-10-36(11-9-35)27(39)18-37)6-7-24(22)32-28-20(3)16-31-29(34-28)33-25-14-26(40-4)30-15-19(25)2/h5-7,12,14-16,37H,1,8-11,13,17-18H2,2-4H3,(H2,30,31,32,33,34). The number of aliphatic hydroxyl groups is 1. The molecule has 0 radical (unpaired) electrons. The van der Waals surface area contributed by atoms with Gasteiger partial charge in [0.1, 0.15) is 12.4 Å². The average molecular weight is 546 g/mol. The van der Waals surface area contributed by atoms with Crippen LogP contribution in [0.15, 0.2) is 49.3 Å². The number of methoxy groups -OCH3 is 1. The quantitative estimate of drug-likeness (QED) is 0.309. The minimum atomic E-state index is -0.462. The van der Waals surface area contributed by atoms with Crippen LogP contribution < -0.4 is 15.4 Å². The second-order valence-corrected chi connectivity index (χ2v) is 9.67. The van der Waals surface area contributed by atoms with Crippen LogP contribution in [0.25, 0.3) is 0 Å². The van der Waals surface area contributed by atoms with Gasteiger partial charge in [0.25, 0.3) is 0 Å². The number of nitrogens with zero attached hydrogens (tertiary/aromatic N) is 5. The number of rotatable bonds is 11. The number of aromatic nitrogens is 3. The number of amides is 1. The summed E-state index contributed by atoms with van der Waals surface area (Å²) in [6.07, 6.45) is 4.98. The van der Waals surface area contributed by atoms with Crippen LogP contribution in [-0.2, 0) is 22.6 Å². The van der Waals surface area contributed by atoms with Gasteiger partial charge in [0.05, 0.1) is 12.8 Å². The van der Waals surface area contributed by atoms with E-state index in [2.05, 4.69) is 37.1 Å². The fraction of sp³-hybridized carbons (Fsp3) is 0.345. The van der Waals surface area contributed by atoms with E-state index in [1.165, 1.54) is 6.08 Å². The maximum Gasteiger partial charge on any atom is 0.248 e. The van der Waals surface area contributed by atoms with E-state index >= 15 is 0 Å². The number of carbonyl (C=O) groups excluding carboxylic acids is 2. The molecule has 1 aromatic carbocycles. The fourth-order valence-corrected chi connectivity index (χ4v) is 4.41. The van der Waals surface area contributed by atoms with E-state index < -0.39 is 6.61 Å². The van der Waals surface area contributed by atoms with Crippen molar-refractivity contribution < 1.29 is 19.4 Å². The summed E-state index contributed by atoms with van der Waals surface area (Å²) in [6.45, 7) is 10.3. The Labute approximate surface area is 233 Å². The first-order chi connectivity index (χ1) is 19.3.